The number of aromatic nitrogens is 3. The van der Waals surface area contributed by atoms with Crippen LogP contribution in [0.25, 0.3) is 0 Å². The molecule has 2 fully saturated rings. The lowest BCUT2D eigenvalue weighted by molar-refractivity contribution is 0.178. The molecule has 0 unspecified atom stereocenters. The molecule has 0 N–H and O–H groups in total. The Hall–Kier alpha value is -1.69. The van der Waals surface area contributed by atoms with Gasteiger partial charge in [-0.05, 0) is 32.2 Å². The average molecular weight is 302 g/mol. The SMILES string of the molecule is CCc1cnc(CN2CCC[C@H](c3noc(C4CC4)n3)C2)o1. The van der Waals surface area contributed by atoms with Crippen molar-refractivity contribution in [3.8, 4) is 0 Å². The van der Waals surface area contributed by atoms with E-state index in [9.17, 15) is 0 Å². The quantitative estimate of drug-likeness (QED) is 0.846. The van der Waals surface area contributed by atoms with Gasteiger partial charge in [0.05, 0.1) is 12.7 Å². The van der Waals surface area contributed by atoms with Crippen LogP contribution in [-0.4, -0.2) is 33.1 Å². The smallest absolute Gasteiger partial charge is 0.229 e. The number of likely N-dealkylation sites (tertiary alicyclic amines) is 1. The second-order valence-electron chi connectivity index (χ2n) is 6.41. The Kier molecular flexibility index (Phi) is 3.70. The molecule has 1 atom stereocenters. The maximum atomic E-state index is 5.72. The molecule has 1 saturated heterocycles. The van der Waals surface area contributed by atoms with Gasteiger partial charge in [0.2, 0.25) is 11.8 Å². The highest BCUT2D eigenvalue weighted by Crippen LogP contribution is 2.39. The van der Waals surface area contributed by atoms with Gasteiger partial charge >= 0.3 is 0 Å². The zero-order valence-electron chi connectivity index (χ0n) is 13.0. The number of nitrogens with zero attached hydrogens (tertiary/aromatic N) is 4. The van der Waals surface area contributed by atoms with E-state index in [0.717, 1.165) is 62.3 Å². The summed E-state index contributed by atoms with van der Waals surface area (Å²) in [6, 6.07) is 0. The van der Waals surface area contributed by atoms with Crippen molar-refractivity contribution in [3.05, 3.63) is 29.6 Å². The van der Waals surface area contributed by atoms with E-state index in [0.29, 0.717) is 11.8 Å². The van der Waals surface area contributed by atoms with Gasteiger partial charge in [-0.15, -0.1) is 0 Å². The molecule has 118 valence electrons. The number of hydrogen-bond donors (Lipinski definition) is 0. The van der Waals surface area contributed by atoms with E-state index in [4.69, 9.17) is 8.94 Å². The summed E-state index contributed by atoms with van der Waals surface area (Å²) in [4.78, 5) is 11.3. The second kappa shape index (κ2) is 5.83. The summed E-state index contributed by atoms with van der Waals surface area (Å²) in [7, 11) is 0. The van der Waals surface area contributed by atoms with Crippen LogP contribution >= 0.6 is 0 Å². The van der Waals surface area contributed by atoms with Crippen LogP contribution in [0.4, 0.5) is 0 Å². The number of aryl methyl sites for hydroxylation is 1. The molecule has 0 spiro atoms. The Morgan fingerprint density at radius 1 is 1.27 bits per heavy atom. The van der Waals surface area contributed by atoms with Crippen LogP contribution in [0.2, 0.25) is 0 Å². The zero-order chi connectivity index (χ0) is 14.9. The van der Waals surface area contributed by atoms with E-state index in [1.54, 1.807) is 0 Å². The highest BCUT2D eigenvalue weighted by molar-refractivity contribution is 5.05. The molecule has 1 saturated carbocycles. The molecule has 1 aliphatic heterocycles. The molecule has 4 rings (SSSR count). The van der Waals surface area contributed by atoms with Crippen LogP contribution < -0.4 is 0 Å². The van der Waals surface area contributed by atoms with E-state index < -0.39 is 0 Å². The first kappa shape index (κ1) is 13.9. The Labute approximate surface area is 129 Å². The van der Waals surface area contributed by atoms with Gasteiger partial charge < -0.3 is 8.94 Å². The van der Waals surface area contributed by atoms with Crippen molar-refractivity contribution >= 4 is 0 Å². The largest absolute Gasteiger partial charge is 0.444 e. The van der Waals surface area contributed by atoms with Crippen LogP contribution in [0.3, 0.4) is 0 Å². The standard InChI is InChI=1S/C16H22N4O2/c1-2-13-8-17-14(21-13)10-20-7-3-4-12(9-20)15-18-16(22-19-15)11-5-6-11/h8,11-12H,2-7,9-10H2,1H3/t12-/m0/s1. The van der Waals surface area contributed by atoms with Gasteiger partial charge in [-0.1, -0.05) is 12.1 Å². The molecule has 0 radical (unpaired) electrons. The predicted molar refractivity (Wildman–Crippen MR) is 79.4 cm³/mol. The molecule has 0 aromatic carbocycles. The number of piperidine rings is 1. The van der Waals surface area contributed by atoms with E-state index in [1.165, 1.54) is 12.8 Å². The third-order valence-electron chi connectivity index (χ3n) is 4.56. The first-order valence-corrected chi connectivity index (χ1v) is 8.31. The van der Waals surface area contributed by atoms with E-state index in [-0.39, 0.29) is 0 Å². The summed E-state index contributed by atoms with van der Waals surface area (Å²) in [5.41, 5.74) is 0. The highest BCUT2D eigenvalue weighted by Gasteiger charge is 2.32. The van der Waals surface area contributed by atoms with Gasteiger partial charge in [0.15, 0.2) is 5.82 Å². The van der Waals surface area contributed by atoms with E-state index in [2.05, 4.69) is 26.9 Å². The lowest BCUT2D eigenvalue weighted by atomic mass is 9.97. The lowest BCUT2D eigenvalue weighted by Gasteiger charge is -2.30. The van der Waals surface area contributed by atoms with Crippen LogP contribution in [0.1, 0.15) is 67.8 Å². The van der Waals surface area contributed by atoms with E-state index >= 15 is 0 Å². The summed E-state index contributed by atoms with van der Waals surface area (Å²) >= 11 is 0. The number of hydrogen-bond acceptors (Lipinski definition) is 6. The van der Waals surface area contributed by atoms with Gasteiger partial charge in [-0.25, -0.2) is 4.98 Å². The fourth-order valence-electron chi connectivity index (χ4n) is 3.09. The molecular formula is C16H22N4O2. The van der Waals surface area contributed by atoms with Crippen LogP contribution in [0.5, 0.6) is 0 Å². The van der Waals surface area contributed by atoms with Gasteiger partial charge in [0.1, 0.15) is 5.76 Å². The maximum Gasteiger partial charge on any atom is 0.229 e. The van der Waals surface area contributed by atoms with Crippen molar-refractivity contribution in [3.63, 3.8) is 0 Å². The Morgan fingerprint density at radius 2 is 2.18 bits per heavy atom. The van der Waals surface area contributed by atoms with Gasteiger partial charge in [-0.2, -0.15) is 4.98 Å². The molecule has 0 bridgehead atoms. The molecule has 0 amide bonds. The average Bonchev–Trinajstić information content (AvgIpc) is 3.10. The van der Waals surface area contributed by atoms with Crippen molar-refractivity contribution < 1.29 is 8.94 Å². The summed E-state index contributed by atoms with van der Waals surface area (Å²) < 4.78 is 11.1. The molecule has 6 heteroatoms. The monoisotopic (exact) mass is 302 g/mol. The van der Waals surface area contributed by atoms with Gasteiger partial charge in [-0.3, -0.25) is 4.90 Å². The number of oxazole rings is 1. The third-order valence-corrected chi connectivity index (χ3v) is 4.56. The Bertz CT molecular complexity index is 632. The molecule has 3 heterocycles. The Morgan fingerprint density at radius 3 is 2.95 bits per heavy atom. The molecule has 22 heavy (non-hydrogen) atoms. The Balaban J connectivity index is 1.40. The minimum Gasteiger partial charge on any atom is -0.444 e. The van der Waals surface area contributed by atoms with E-state index in [1.807, 2.05) is 6.20 Å². The van der Waals surface area contributed by atoms with Gasteiger partial charge in [0, 0.05) is 24.8 Å². The second-order valence-corrected chi connectivity index (χ2v) is 6.41. The van der Waals surface area contributed by atoms with Gasteiger partial charge in [0.25, 0.3) is 0 Å². The van der Waals surface area contributed by atoms with Crippen molar-refractivity contribution in [1.82, 2.24) is 20.0 Å². The number of rotatable bonds is 5. The third kappa shape index (κ3) is 2.92. The first-order valence-electron chi connectivity index (χ1n) is 8.31. The molecule has 2 aromatic rings. The first-order chi connectivity index (χ1) is 10.8. The molecule has 2 aromatic heterocycles. The summed E-state index contributed by atoms with van der Waals surface area (Å²) in [5, 5.41) is 4.21. The summed E-state index contributed by atoms with van der Waals surface area (Å²) in [6.45, 7) is 4.87. The lowest BCUT2D eigenvalue weighted by Crippen LogP contribution is -2.34. The van der Waals surface area contributed by atoms with Crippen molar-refractivity contribution in [2.24, 2.45) is 0 Å². The van der Waals surface area contributed by atoms with Crippen molar-refractivity contribution in [2.45, 2.75) is 57.4 Å². The van der Waals surface area contributed by atoms with Crippen molar-refractivity contribution in [1.29, 1.82) is 0 Å². The minimum absolute atomic E-state index is 0.366. The zero-order valence-corrected chi connectivity index (χ0v) is 13.0. The molecular weight excluding hydrogens is 280 g/mol. The normalized spacial score (nSPS) is 23.0. The highest BCUT2D eigenvalue weighted by atomic mass is 16.5. The van der Waals surface area contributed by atoms with Crippen LogP contribution in [0, 0.1) is 0 Å². The summed E-state index contributed by atoms with van der Waals surface area (Å²) in [6.07, 6.45) is 7.40. The van der Waals surface area contributed by atoms with Crippen LogP contribution in [-0.2, 0) is 13.0 Å². The predicted octanol–water partition coefficient (Wildman–Crippen LogP) is 2.88. The molecule has 2 aliphatic rings. The van der Waals surface area contributed by atoms with Crippen LogP contribution in [0.15, 0.2) is 15.1 Å². The maximum absolute atomic E-state index is 5.72. The fourth-order valence-corrected chi connectivity index (χ4v) is 3.09. The molecule has 1 aliphatic carbocycles. The minimum atomic E-state index is 0.366. The van der Waals surface area contributed by atoms with Crippen molar-refractivity contribution in [2.75, 3.05) is 13.1 Å². The summed E-state index contributed by atoms with van der Waals surface area (Å²) in [5.74, 6) is 4.38. The topological polar surface area (TPSA) is 68.2 Å². The molecule has 6 nitrogen and oxygen atoms in total. The fraction of sp³-hybridized carbons (Fsp3) is 0.688.